The molecule has 0 heterocycles. The first kappa shape index (κ1) is 12.6. The lowest BCUT2D eigenvalue weighted by atomic mass is 10.2. The summed E-state index contributed by atoms with van der Waals surface area (Å²) in [5.41, 5.74) is 0.545. The molecule has 0 aliphatic heterocycles. The number of carbonyl (C=O) groups excluding carboxylic acids is 1. The minimum absolute atomic E-state index is 0.263. The Labute approximate surface area is 109 Å². The normalized spacial score (nSPS) is 9.68. The lowest BCUT2D eigenvalue weighted by Crippen LogP contribution is -2.32. The molecule has 0 saturated carbocycles. The van der Waals surface area contributed by atoms with Crippen LogP contribution in [0, 0.1) is 0 Å². The van der Waals surface area contributed by atoms with Crippen LogP contribution in [-0.2, 0) is 4.84 Å². The number of hydrogen-bond acceptors (Lipinski definition) is 3. The van der Waals surface area contributed by atoms with Gasteiger partial charge in [-0.1, -0.05) is 36.4 Å². The largest absolute Gasteiger partial charge is 0.463 e. The molecule has 0 fully saturated rings. The van der Waals surface area contributed by atoms with Crippen LogP contribution in [0.5, 0.6) is 0 Å². The van der Waals surface area contributed by atoms with Gasteiger partial charge in [-0.15, -0.1) is 5.06 Å². The third-order valence-electron chi connectivity index (χ3n) is 2.35. The number of anilines is 1. The highest BCUT2D eigenvalue weighted by Gasteiger charge is 2.20. The van der Waals surface area contributed by atoms with Crippen LogP contribution >= 0.6 is 0 Å². The number of hydroxylamine groups is 1. The topological polar surface area (TPSA) is 66.8 Å². The first-order valence-corrected chi connectivity index (χ1v) is 5.54. The highest BCUT2D eigenvalue weighted by Crippen LogP contribution is 2.15. The second kappa shape index (κ2) is 5.68. The van der Waals surface area contributed by atoms with Gasteiger partial charge in [0.15, 0.2) is 0 Å². The van der Waals surface area contributed by atoms with Crippen LogP contribution in [0.2, 0.25) is 0 Å². The molecule has 0 unspecified atom stereocenters. The molecule has 0 saturated heterocycles. The molecule has 0 aromatic heterocycles. The zero-order chi connectivity index (χ0) is 13.7. The highest BCUT2D eigenvalue weighted by molar-refractivity contribution is 5.93. The van der Waals surface area contributed by atoms with Crippen molar-refractivity contribution in [2.45, 2.75) is 0 Å². The number of rotatable bonds is 2. The minimum atomic E-state index is -1.37. The van der Waals surface area contributed by atoms with Gasteiger partial charge in [0.05, 0.1) is 11.3 Å². The fraction of sp³-hybridized carbons (Fsp3) is 0. The number of hydrogen-bond donors (Lipinski definition) is 1. The van der Waals surface area contributed by atoms with E-state index in [-0.39, 0.29) is 11.3 Å². The standard InChI is InChI=1S/C14H11NO4/c16-13(11-7-3-1-4-8-11)19-15(14(17)18)12-9-5-2-6-10-12/h1-10H,(H,17,18). The maximum Gasteiger partial charge on any atom is 0.445 e. The molecule has 2 aromatic carbocycles. The fourth-order valence-electron chi connectivity index (χ4n) is 1.48. The molecule has 1 amide bonds. The summed E-state index contributed by atoms with van der Waals surface area (Å²) in [4.78, 5) is 27.8. The van der Waals surface area contributed by atoms with Gasteiger partial charge < -0.3 is 9.94 Å². The second-order valence-electron chi connectivity index (χ2n) is 3.66. The van der Waals surface area contributed by atoms with Gasteiger partial charge in [0.1, 0.15) is 0 Å². The summed E-state index contributed by atoms with van der Waals surface area (Å²) in [5.74, 6) is -0.730. The minimum Gasteiger partial charge on any atom is -0.463 e. The Kier molecular flexibility index (Phi) is 3.78. The van der Waals surface area contributed by atoms with Crippen molar-refractivity contribution in [3.63, 3.8) is 0 Å². The van der Waals surface area contributed by atoms with Gasteiger partial charge in [0.25, 0.3) is 0 Å². The molecule has 96 valence electrons. The van der Waals surface area contributed by atoms with E-state index >= 15 is 0 Å². The van der Waals surface area contributed by atoms with E-state index in [1.165, 1.54) is 12.1 Å². The quantitative estimate of drug-likeness (QED) is 0.840. The van der Waals surface area contributed by atoms with Crippen LogP contribution in [0.15, 0.2) is 60.7 Å². The van der Waals surface area contributed by atoms with Crippen molar-refractivity contribution < 1.29 is 19.5 Å². The Balaban J connectivity index is 2.19. The summed E-state index contributed by atoms with van der Waals surface area (Å²) >= 11 is 0. The first-order valence-electron chi connectivity index (χ1n) is 5.54. The van der Waals surface area contributed by atoms with Gasteiger partial charge in [-0.3, -0.25) is 0 Å². The average molecular weight is 257 g/mol. The Bertz CT molecular complexity index is 569. The SMILES string of the molecule is O=C(ON(C(=O)O)c1ccccc1)c1ccccc1. The van der Waals surface area contributed by atoms with Crippen LogP contribution < -0.4 is 5.06 Å². The van der Waals surface area contributed by atoms with Crippen molar-refractivity contribution in [2.24, 2.45) is 0 Å². The molecule has 0 atom stereocenters. The van der Waals surface area contributed by atoms with E-state index in [0.717, 1.165) is 0 Å². The number of carboxylic acid groups (broad SMARTS) is 1. The van der Waals surface area contributed by atoms with Gasteiger partial charge in [0, 0.05) is 0 Å². The molecule has 5 heteroatoms. The molecular formula is C14H11NO4. The number of benzene rings is 2. The monoisotopic (exact) mass is 257 g/mol. The van der Waals surface area contributed by atoms with E-state index in [9.17, 15) is 9.59 Å². The van der Waals surface area contributed by atoms with Crippen molar-refractivity contribution in [1.29, 1.82) is 0 Å². The van der Waals surface area contributed by atoms with Gasteiger partial charge >= 0.3 is 12.1 Å². The van der Waals surface area contributed by atoms with E-state index in [4.69, 9.17) is 9.94 Å². The van der Waals surface area contributed by atoms with Crippen LogP contribution in [0.4, 0.5) is 10.5 Å². The first-order chi connectivity index (χ1) is 9.18. The lowest BCUT2D eigenvalue weighted by Gasteiger charge is -2.17. The summed E-state index contributed by atoms with van der Waals surface area (Å²) < 4.78 is 0. The summed E-state index contributed by atoms with van der Waals surface area (Å²) in [6, 6.07) is 16.3. The molecule has 0 bridgehead atoms. The van der Waals surface area contributed by atoms with Crippen LogP contribution in [0.1, 0.15) is 10.4 Å². The van der Waals surface area contributed by atoms with Crippen molar-refractivity contribution in [1.82, 2.24) is 0 Å². The van der Waals surface area contributed by atoms with Crippen molar-refractivity contribution in [3.8, 4) is 0 Å². The fourth-order valence-corrected chi connectivity index (χ4v) is 1.48. The second-order valence-corrected chi connectivity index (χ2v) is 3.66. The lowest BCUT2D eigenvalue weighted by molar-refractivity contribution is 0.0446. The Morgan fingerprint density at radius 3 is 1.95 bits per heavy atom. The molecule has 1 N–H and O–H groups in total. The van der Waals surface area contributed by atoms with Crippen LogP contribution in [0.3, 0.4) is 0 Å². The number of carbonyl (C=O) groups is 2. The van der Waals surface area contributed by atoms with E-state index in [1.807, 2.05) is 0 Å². The Morgan fingerprint density at radius 2 is 1.42 bits per heavy atom. The summed E-state index contributed by atoms with van der Waals surface area (Å²) in [7, 11) is 0. The van der Waals surface area contributed by atoms with Crippen LogP contribution in [-0.4, -0.2) is 17.2 Å². The van der Waals surface area contributed by atoms with E-state index < -0.39 is 12.1 Å². The molecular weight excluding hydrogens is 246 g/mol. The Hall–Kier alpha value is -2.82. The zero-order valence-corrected chi connectivity index (χ0v) is 9.89. The van der Waals surface area contributed by atoms with Crippen molar-refractivity contribution in [3.05, 3.63) is 66.2 Å². The highest BCUT2D eigenvalue weighted by atomic mass is 16.7. The molecule has 2 aromatic rings. The predicted octanol–water partition coefficient (Wildman–Crippen LogP) is 2.94. The van der Waals surface area contributed by atoms with Gasteiger partial charge in [-0.25, -0.2) is 9.59 Å². The molecule has 0 spiro atoms. The van der Waals surface area contributed by atoms with Crippen molar-refractivity contribution >= 4 is 17.7 Å². The van der Waals surface area contributed by atoms with Gasteiger partial charge in [0.2, 0.25) is 0 Å². The molecule has 0 aliphatic rings. The third kappa shape index (κ3) is 3.10. The smallest absolute Gasteiger partial charge is 0.445 e. The Morgan fingerprint density at radius 1 is 0.895 bits per heavy atom. The maximum atomic E-state index is 11.8. The summed E-state index contributed by atoms with van der Waals surface area (Å²) in [6.45, 7) is 0. The molecule has 0 aliphatic carbocycles. The molecule has 19 heavy (non-hydrogen) atoms. The predicted molar refractivity (Wildman–Crippen MR) is 68.8 cm³/mol. The van der Waals surface area contributed by atoms with Gasteiger partial charge in [-0.05, 0) is 24.3 Å². The number of para-hydroxylation sites is 1. The van der Waals surface area contributed by atoms with Crippen LogP contribution in [0.25, 0.3) is 0 Å². The van der Waals surface area contributed by atoms with E-state index in [0.29, 0.717) is 5.06 Å². The third-order valence-corrected chi connectivity index (χ3v) is 2.35. The van der Waals surface area contributed by atoms with E-state index in [2.05, 4.69) is 0 Å². The van der Waals surface area contributed by atoms with E-state index in [1.54, 1.807) is 48.5 Å². The molecule has 5 nitrogen and oxygen atoms in total. The molecule has 0 radical (unpaired) electrons. The number of amides is 1. The zero-order valence-electron chi connectivity index (χ0n) is 9.89. The average Bonchev–Trinajstić information content (AvgIpc) is 2.46. The van der Waals surface area contributed by atoms with Crippen molar-refractivity contribution in [2.75, 3.05) is 5.06 Å². The van der Waals surface area contributed by atoms with Gasteiger partial charge in [-0.2, -0.15) is 0 Å². The number of nitrogens with zero attached hydrogens (tertiary/aromatic N) is 1. The molecule has 2 rings (SSSR count). The summed E-state index contributed by atoms with van der Waals surface area (Å²) in [5, 5.41) is 9.61. The maximum absolute atomic E-state index is 11.8. The summed E-state index contributed by atoms with van der Waals surface area (Å²) in [6.07, 6.45) is -1.37.